The third-order valence-electron chi connectivity index (χ3n) is 7.32. The fourth-order valence-corrected chi connectivity index (χ4v) is 6.13. The first-order chi connectivity index (χ1) is 16.1. The summed E-state index contributed by atoms with van der Waals surface area (Å²) in [6.07, 6.45) is 14.1. The number of hydrogen-bond acceptors (Lipinski definition) is 4. The van der Waals surface area contributed by atoms with E-state index in [1.807, 2.05) is 18.2 Å². The summed E-state index contributed by atoms with van der Waals surface area (Å²) in [5.41, 5.74) is 5.31. The lowest BCUT2D eigenvalue weighted by molar-refractivity contribution is -0.115. The summed E-state index contributed by atoms with van der Waals surface area (Å²) >= 11 is 1.30. The third-order valence-corrected chi connectivity index (χ3v) is 8.15. The summed E-state index contributed by atoms with van der Waals surface area (Å²) in [5, 5.41) is 7.79. The van der Waals surface area contributed by atoms with Crippen LogP contribution in [0.3, 0.4) is 0 Å². The van der Waals surface area contributed by atoms with Gasteiger partial charge in [-0.3, -0.25) is 10.2 Å². The van der Waals surface area contributed by atoms with Crippen LogP contribution in [-0.2, 0) is 16.6 Å². The summed E-state index contributed by atoms with van der Waals surface area (Å²) in [5.74, 6) is 0.455. The van der Waals surface area contributed by atoms with Gasteiger partial charge in [0.05, 0.1) is 28.6 Å². The van der Waals surface area contributed by atoms with Gasteiger partial charge in [-0.1, -0.05) is 68.3 Å². The van der Waals surface area contributed by atoms with E-state index in [-0.39, 0.29) is 22.8 Å². The number of rotatable bonds is 6. The normalized spacial score (nSPS) is 21.4. The number of ketones is 1. The Morgan fingerprint density at radius 1 is 0.970 bits per heavy atom. The van der Waals surface area contributed by atoms with Gasteiger partial charge < -0.3 is 4.18 Å². The van der Waals surface area contributed by atoms with Crippen LogP contribution >= 0.6 is 12.0 Å². The Morgan fingerprint density at radius 3 is 2.30 bits per heavy atom. The summed E-state index contributed by atoms with van der Waals surface area (Å²) in [6.45, 7) is 2.20. The van der Waals surface area contributed by atoms with Crippen molar-refractivity contribution in [3.05, 3.63) is 100 Å². The number of Topliss-reactive ketones (excluding diaryl/α,β-unsaturated/α-hetero) is 1. The highest BCUT2D eigenvalue weighted by molar-refractivity contribution is 7.99. The summed E-state index contributed by atoms with van der Waals surface area (Å²) in [6, 6.07) is 17.8. The van der Waals surface area contributed by atoms with Crippen molar-refractivity contribution in [1.82, 2.24) is 0 Å². The van der Waals surface area contributed by atoms with Crippen molar-refractivity contribution in [2.24, 2.45) is 5.92 Å². The molecule has 1 N–H and O–H groups in total. The molecule has 3 aliphatic rings. The Hall–Kier alpha value is -2.85. The smallest absolute Gasteiger partial charge is 0.188 e. The number of carbonyl (C=O) groups excluding carboxylic acids is 1. The molecule has 0 heterocycles. The van der Waals surface area contributed by atoms with Crippen LogP contribution in [0, 0.1) is 11.3 Å². The fraction of sp³-hybridized carbons (Fsp3) is 0.310. The number of hydrogen-bond donors (Lipinski definition) is 1. The molecule has 2 aromatic carbocycles. The topological polar surface area (TPSA) is 50.1 Å². The van der Waals surface area contributed by atoms with E-state index in [1.165, 1.54) is 54.4 Å². The SMILES string of the molecule is CCc1ccc(C2(c3ccc(OSC4=C5C=CC(=N)C(=O)C5CC=C4)cc3)CCCC2)cc1. The first-order valence-corrected chi connectivity index (χ1v) is 12.6. The van der Waals surface area contributed by atoms with Gasteiger partial charge in [-0.25, -0.2) is 0 Å². The zero-order valence-corrected chi connectivity index (χ0v) is 19.8. The van der Waals surface area contributed by atoms with Gasteiger partial charge in [0.2, 0.25) is 0 Å². The molecule has 1 unspecified atom stereocenters. The van der Waals surface area contributed by atoms with Gasteiger partial charge in [-0.05, 0) is 72.2 Å². The average molecular weight is 456 g/mol. The number of benzene rings is 2. The largest absolute Gasteiger partial charge is 0.421 e. The van der Waals surface area contributed by atoms with Gasteiger partial charge in [0.1, 0.15) is 5.75 Å². The molecule has 3 aliphatic carbocycles. The monoisotopic (exact) mass is 455 g/mol. The van der Waals surface area contributed by atoms with Gasteiger partial charge in [0.15, 0.2) is 5.78 Å². The van der Waals surface area contributed by atoms with Crippen molar-refractivity contribution in [3.8, 4) is 5.75 Å². The summed E-state index contributed by atoms with van der Waals surface area (Å²) in [7, 11) is 0. The lowest BCUT2D eigenvalue weighted by Crippen LogP contribution is -2.27. The maximum absolute atomic E-state index is 12.3. The Kier molecular flexibility index (Phi) is 6.11. The van der Waals surface area contributed by atoms with E-state index in [0.717, 1.165) is 22.6 Å². The molecule has 1 saturated carbocycles. The molecule has 0 aliphatic heterocycles. The molecule has 0 spiro atoms. The second-order valence-electron chi connectivity index (χ2n) is 9.15. The molecule has 33 heavy (non-hydrogen) atoms. The zero-order valence-electron chi connectivity index (χ0n) is 19.0. The molecule has 0 saturated heterocycles. The van der Waals surface area contributed by atoms with Crippen molar-refractivity contribution in [1.29, 1.82) is 5.41 Å². The number of aryl methyl sites for hydroxylation is 1. The molecule has 0 amide bonds. The summed E-state index contributed by atoms with van der Waals surface area (Å²) < 4.78 is 6.05. The van der Waals surface area contributed by atoms with Crippen LogP contribution < -0.4 is 4.18 Å². The van der Waals surface area contributed by atoms with Crippen LogP contribution in [-0.4, -0.2) is 11.5 Å². The van der Waals surface area contributed by atoms with Crippen LogP contribution in [0.4, 0.5) is 0 Å². The number of nitrogens with one attached hydrogen (secondary N) is 1. The van der Waals surface area contributed by atoms with E-state index in [0.29, 0.717) is 6.42 Å². The molecule has 1 fully saturated rings. The van der Waals surface area contributed by atoms with E-state index in [2.05, 4.69) is 55.5 Å². The molecule has 3 nitrogen and oxygen atoms in total. The maximum Gasteiger partial charge on any atom is 0.188 e. The minimum absolute atomic E-state index is 0.0880. The zero-order chi connectivity index (χ0) is 22.8. The van der Waals surface area contributed by atoms with Crippen molar-refractivity contribution in [3.63, 3.8) is 0 Å². The Labute approximate surface area is 200 Å². The number of carbonyl (C=O) groups is 1. The van der Waals surface area contributed by atoms with Crippen molar-refractivity contribution in [2.75, 3.05) is 0 Å². The molecular formula is C29H29NO2S. The van der Waals surface area contributed by atoms with Gasteiger partial charge in [0, 0.05) is 5.41 Å². The van der Waals surface area contributed by atoms with E-state index in [9.17, 15) is 4.79 Å². The van der Waals surface area contributed by atoms with E-state index in [1.54, 1.807) is 6.08 Å². The third kappa shape index (κ3) is 4.13. The van der Waals surface area contributed by atoms with E-state index < -0.39 is 0 Å². The maximum atomic E-state index is 12.3. The first kappa shape index (κ1) is 22.0. The molecule has 2 aromatic rings. The minimum atomic E-state index is -0.248. The second-order valence-corrected chi connectivity index (χ2v) is 9.93. The quantitative estimate of drug-likeness (QED) is 0.472. The van der Waals surface area contributed by atoms with Crippen molar-refractivity contribution < 1.29 is 8.98 Å². The summed E-state index contributed by atoms with van der Waals surface area (Å²) in [4.78, 5) is 13.3. The lowest BCUT2D eigenvalue weighted by Gasteiger charge is -2.31. The molecule has 4 heteroatoms. The minimum Gasteiger partial charge on any atom is -0.421 e. The fourth-order valence-electron chi connectivity index (χ4n) is 5.38. The molecular weight excluding hydrogens is 426 g/mol. The van der Waals surface area contributed by atoms with E-state index >= 15 is 0 Å². The van der Waals surface area contributed by atoms with E-state index in [4.69, 9.17) is 9.59 Å². The number of allylic oxidation sites excluding steroid dienone is 5. The van der Waals surface area contributed by atoms with Gasteiger partial charge in [-0.2, -0.15) is 0 Å². The van der Waals surface area contributed by atoms with Gasteiger partial charge >= 0.3 is 0 Å². The Balaban J connectivity index is 1.35. The van der Waals surface area contributed by atoms with Crippen LogP contribution in [0.5, 0.6) is 5.75 Å². The molecule has 5 rings (SSSR count). The Bertz CT molecular complexity index is 1150. The molecule has 0 bridgehead atoms. The first-order valence-electron chi connectivity index (χ1n) is 11.9. The second kappa shape index (κ2) is 9.18. The van der Waals surface area contributed by atoms with Gasteiger partial charge in [-0.15, -0.1) is 0 Å². The van der Waals surface area contributed by atoms with Crippen molar-refractivity contribution in [2.45, 2.75) is 50.9 Å². The van der Waals surface area contributed by atoms with Crippen LogP contribution in [0.25, 0.3) is 0 Å². The molecule has 0 aromatic heterocycles. The average Bonchev–Trinajstić information content (AvgIpc) is 3.37. The highest BCUT2D eigenvalue weighted by atomic mass is 32.2. The molecule has 1 atom stereocenters. The standard InChI is InChI=1S/C29H29NO2S/c1-2-20-8-10-21(11-9-20)29(18-3-4-19-29)22-12-14-23(15-13-22)32-33-27-7-5-6-25-24(27)16-17-26(30)28(25)31/h5,7-17,25,30H,2-4,6,18-19H2,1H3. The molecule has 0 radical (unpaired) electrons. The lowest BCUT2D eigenvalue weighted by atomic mass is 9.73. The predicted molar refractivity (Wildman–Crippen MR) is 136 cm³/mol. The molecule has 168 valence electrons. The highest BCUT2D eigenvalue weighted by Crippen LogP contribution is 2.47. The highest BCUT2D eigenvalue weighted by Gasteiger charge is 2.37. The van der Waals surface area contributed by atoms with Crippen LogP contribution in [0.15, 0.2) is 83.3 Å². The number of fused-ring (bicyclic) bond motifs is 1. The van der Waals surface area contributed by atoms with Gasteiger partial charge in [0.25, 0.3) is 0 Å². The van der Waals surface area contributed by atoms with Crippen molar-refractivity contribution >= 4 is 23.5 Å². The predicted octanol–water partition coefficient (Wildman–Crippen LogP) is 7.12. The van der Waals surface area contributed by atoms with Crippen LogP contribution in [0.2, 0.25) is 0 Å². The Morgan fingerprint density at radius 2 is 1.64 bits per heavy atom. The van der Waals surface area contributed by atoms with Crippen LogP contribution in [0.1, 0.15) is 55.7 Å².